The molecule has 3 aromatic heterocycles. The number of hydrogen-bond acceptors (Lipinski definition) is 9. The lowest BCUT2D eigenvalue weighted by Gasteiger charge is -2.38. The smallest absolute Gasteiger partial charge is 0.175 e. The van der Waals surface area contributed by atoms with Crippen LogP contribution in [-0.4, -0.2) is 91.4 Å². The Morgan fingerprint density at radius 2 is 2.00 bits per heavy atom. The molecular weight excluding hydrogens is 520 g/mol. The predicted molar refractivity (Wildman–Crippen MR) is 150 cm³/mol. The van der Waals surface area contributed by atoms with Crippen LogP contribution in [0.2, 0.25) is 0 Å². The highest BCUT2D eigenvalue weighted by Crippen LogP contribution is 2.37. The summed E-state index contributed by atoms with van der Waals surface area (Å²) in [6, 6.07) is 8.12. The number of thiophene rings is 1. The molecule has 198 valence electrons. The summed E-state index contributed by atoms with van der Waals surface area (Å²) < 4.78 is 31.7. The number of ether oxygens (including phenoxy) is 1. The number of morpholine rings is 1. The molecule has 6 heterocycles. The number of nitrogens with one attached hydrogen (secondary N) is 1. The third kappa shape index (κ3) is 4.37. The van der Waals surface area contributed by atoms with E-state index in [0.29, 0.717) is 25.1 Å². The Balaban J connectivity index is 1.32. The largest absolute Gasteiger partial charge is 0.378 e. The van der Waals surface area contributed by atoms with Crippen molar-refractivity contribution in [1.29, 1.82) is 0 Å². The fourth-order valence-corrected chi connectivity index (χ4v) is 7.57. The standard InChI is InChI=1S/C27H30N6O3S2/c1-38(34,35)20-14-22(21-4-5-28-23(21)15-20)26-29-24-13-19(17-31-7-8-32-6-2-3-18(32)16-31)37-25(24)27(30-26)33-9-11-36-12-10-33/h2,4-6,13-15,18,28H,3,7-12,16-17H2,1H3/t18-/m0/s1. The van der Waals surface area contributed by atoms with Crippen molar-refractivity contribution < 1.29 is 13.2 Å². The molecule has 0 aliphatic carbocycles. The Morgan fingerprint density at radius 1 is 1.13 bits per heavy atom. The fourth-order valence-electron chi connectivity index (χ4n) is 5.75. The second kappa shape index (κ2) is 9.33. The summed E-state index contributed by atoms with van der Waals surface area (Å²) in [4.78, 5) is 22.1. The minimum atomic E-state index is -3.41. The topological polar surface area (TPSA) is 94.7 Å². The van der Waals surface area contributed by atoms with Gasteiger partial charge in [-0.15, -0.1) is 11.3 Å². The third-order valence-electron chi connectivity index (χ3n) is 7.72. The average molecular weight is 551 g/mol. The van der Waals surface area contributed by atoms with Crippen molar-refractivity contribution in [2.45, 2.75) is 23.9 Å². The van der Waals surface area contributed by atoms with Gasteiger partial charge < -0.3 is 19.5 Å². The van der Waals surface area contributed by atoms with Crippen LogP contribution < -0.4 is 4.90 Å². The van der Waals surface area contributed by atoms with Gasteiger partial charge in [-0.25, -0.2) is 18.4 Å². The van der Waals surface area contributed by atoms with Crippen molar-refractivity contribution in [1.82, 2.24) is 24.8 Å². The minimum absolute atomic E-state index is 0.255. The zero-order valence-electron chi connectivity index (χ0n) is 21.3. The van der Waals surface area contributed by atoms with Gasteiger partial charge in [0.15, 0.2) is 21.5 Å². The first-order valence-electron chi connectivity index (χ1n) is 13.0. The highest BCUT2D eigenvalue weighted by Gasteiger charge is 2.28. The molecule has 11 heteroatoms. The van der Waals surface area contributed by atoms with Gasteiger partial charge in [0.25, 0.3) is 0 Å². The molecule has 3 aliphatic heterocycles. The lowest BCUT2D eigenvalue weighted by Crippen LogP contribution is -2.48. The van der Waals surface area contributed by atoms with E-state index in [4.69, 9.17) is 14.7 Å². The van der Waals surface area contributed by atoms with E-state index in [1.54, 1.807) is 23.5 Å². The van der Waals surface area contributed by atoms with Gasteiger partial charge in [-0.1, -0.05) is 6.08 Å². The van der Waals surface area contributed by atoms with E-state index < -0.39 is 9.84 Å². The van der Waals surface area contributed by atoms with Crippen LogP contribution in [0.1, 0.15) is 11.3 Å². The molecular formula is C27H30N6O3S2. The van der Waals surface area contributed by atoms with Gasteiger partial charge >= 0.3 is 0 Å². The summed E-state index contributed by atoms with van der Waals surface area (Å²) in [6.07, 6.45) is 8.70. The fraction of sp³-hybridized carbons (Fsp3) is 0.407. The van der Waals surface area contributed by atoms with Gasteiger partial charge in [-0.3, -0.25) is 4.90 Å². The van der Waals surface area contributed by atoms with Gasteiger partial charge in [-0.2, -0.15) is 0 Å². The van der Waals surface area contributed by atoms with Crippen LogP contribution in [0.25, 0.3) is 32.5 Å². The lowest BCUT2D eigenvalue weighted by molar-refractivity contribution is 0.118. The van der Waals surface area contributed by atoms with E-state index in [1.807, 2.05) is 12.3 Å². The third-order valence-corrected chi connectivity index (χ3v) is 9.92. The summed E-state index contributed by atoms with van der Waals surface area (Å²) in [5.41, 5.74) is 2.38. The Hall–Kier alpha value is -2.99. The molecule has 2 saturated heterocycles. The van der Waals surface area contributed by atoms with Gasteiger partial charge in [-0.05, 0) is 36.9 Å². The second-order valence-electron chi connectivity index (χ2n) is 10.3. The van der Waals surface area contributed by atoms with Crippen LogP contribution in [0.15, 0.2) is 47.6 Å². The Kier molecular flexibility index (Phi) is 5.91. The van der Waals surface area contributed by atoms with Crippen LogP contribution in [0.3, 0.4) is 0 Å². The molecule has 2 fully saturated rings. The Bertz CT molecular complexity index is 1650. The zero-order valence-corrected chi connectivity index (χ0v) is 22.9. The Labute approximate surface area is 225 Å². The second-order valence-corrected chi connectivity index (χ2v) is 13.5. The number of H-pyrrole nitrogens is 1. The van der Waals surface area contributed by atoms with E-state index in [9.17, 15) is 8.42 Å². The van der Waals surface area contributed by atoms with Crippen molar-refractivity contribution in [2.75, 3.05) is 57.1 Å². The molecule has 0 unspecified atom stereocenters. The summed E-state index contributed by atoms with van der Waals surface area (Å²) in [6.45, 7) is 6.92. The first-order valence-corrected chi connectivity index (χ1v) is 15.7. The van der Waals surface area contributed by atoms with Gasteiger partial charge in [0.1, 0.15) is 0 Å². The van der Waals surface area contributed by atoms with Crippen molar-refractivity contribution in [3.63, 3.8) is 0 Å². The number of hydrogen-bond donors (Lipinski definition) is 1. The molecule has 1 N–H and O–H groups in total. The SMILES string of the molecule is CS(=O)(=O)c1cc(-c2nc(N3CCOCC3)c3sc(CN4CCN5C=CC[C@H]5C4)cc3n2)c2cc[nH]c2c1. The highest BCUT2D eigenvalue weighted by molar-refractivity contribution is 7.90. The quantitative estimate of drug-likeness (QED) is 0.404. The summed E-state index contributed by atoms with van der Waals surface area (Å²) >= 11 is 1.77. The number of sulfone groups is 1. The maximum atomic E-state index is 12.5. The van der Waals surface area contributed by atoms with Crippen molar-refractivity contribution >= 4 is 48.1 Å². The van der Waals surface area contributed by atoms with E-state index >= 15 is 0 Å². The van der Waals surface area contributed by atoms with E-state index in [1.165, 1.54) is 11.1 Å². The van der Waals surface area contributed by atoms with Crippen molar-refractivity contribution in [2.24, 2.45) is 0 Å². The molecule has 0 amide bonds. The summed E-state index contributed by atoms with van der Waals surface area (Å²) in [5.74, 6) is 1.45. The molecule has 1 aromatic carbocycles. The van der Waals surface area contributed by atoms with Crippen LogP contribution in [0.4, 0.5) is 5.82 Å². The molecule has 0 radical (unpaired) electrons. The van der Waals surface area contributed by atoms with E-state index in [2.05, 4.69) is 38.0 Å². The normalized spacial score (nSPS) is 20.6. The zero-order chi connectivity index (χ0) is 25.9. The maximum absolute atomic E-state index is 12.5. The number of anilines is 1. The average Bonchev–Trinajstić information content (AvgIpc) is 3.66. The number of aromatic nitrogens is 3. The number of nitrogens with zero attached hydrogens (tertiary/aromatic N) is 5. The monoisotopic (exact) mass is 550 g/mol. The first kappa shape index (κ1) is 24.1. The number of piperazine rings is 1. The minimum Gasteiger partial charge on any atom is -0.378 e. The highest BCUT2D eigenvalue weighted by atomic mass is 32.2. The molecule has 0 bridgehead atoms. The molecule has 0 spiro atoms. The molecule has 7 rings (SSSR count). The molecule has 9 nitrogen and oxygen atoms in total. The number of aromatic amines is 1. The molecule has 38 heavy (non-hydrogen) atoms. The van der Waals surface area contributed by atoms with Gasteiger partial charge in [0.05, 0.1) is 28.3 Å². The van der Waals surface area contributed by atoms with E-state index in [0.717, 1.165) is 78.2 Å². The number of fused-ring (bicyclic) bond motifs is 3. The summed E-state index contributed by atoms with van der Waals surface area (Å²) in [7, 11) is -3.41. The van der Waals surface area contributed by atoms with Crippen LogP contribution in [-0.2, 0) is 21.1 Å². The van der Waals surface area contributed by atoms with Crippen LogP contribution in [0.5, 0.6) is 0 Å². The molecule has 1 atom stereocenters. The molecule has 0 saturated carbocycles. The van der Waals surface area contributed by atoms with Gasteiger partial charge in [0.2, 0.25) is 0 Å². The summed E-state index contributed by atoms with van der Waals surface area (Å²) in [5, 5.41) is 0.906. The van der Waals surface area contributed by atoms with Crippen molar-refractivity contribution in [3.8, 4) is 11.4 Å². The number of benzene rings is 1. The first-order chi connectivity index (χ1) is 18.4. The van der Waals surface area contributed by atoms with E-state index in [-0.39, 0.29) is 4.90 Å². The predicted octanol–water partition coefficient (Wildman–Crippen LogP) is 3.48. The van der Waals surface area contributed by atoms with Crippen LogP contribution in [0, 0.1) is 0 Å². The number of rotatable bonds is 5. The maximum Gasteiger partial charge on any atom is 0.175 e. The van der Waals surface area contributed by atoms with Gasteiger partial charge in [0, 0.05) is 79.1 Å². The lowest BCUT2D eigenvalue weighted by atomic mass is 10.1. The Morgan fingerprint density at radius 3 is 2.84 bits per heavy atom. The molecule has 3 aliphatic rings. The molecule has 4 aromatic rings. The van der Waals surface area contributed by atoms with Crippen molar-refractivity contribution in [3.05, 3.63) is 47.6 Å². The van der Waals surface area contributed by atoms with Crippen LogP contribution >= 0.6 is 11.3 Å².